The second-order valence-corrected chi connectivity index (χ2v) is 7.59. The number of aryl methyl sites for hydroxylation is 1. The molecule has 1 N–H and O–H groups in total. The van der Waals surface area contributed by atoms with Crippen LogP contribution in [0, 0.1) is 12.3 Å². The van der Waals surface area contributed by atoms with Crippen LogP contribution in [0.1, 0.15) is 33.3 Å². The highest BCUT2D eigenvalue weighted by atomic mass is 32.2. The largest absolute Gasteiger partial charge is 0.390 e. The molecule has 0 saturated carbocycles. The van der Waals surface area contributed by atoms with Gasteiger partial charge in [-0.1, -0.05) is 31.5 Å². The molecule has 0 fully saturated rings. The van der Waals surface area contributed by atoms with Crippen LogP contribution in [0.2, 0.25) is 0 Å². The van der Waals surface area contributed by atoms with E-state index < -0.39 is 21.1 Å². The molecule has 1 rings (SSSR count). The lowest BCUT2D eigenvalue weighted by Crippen LogP contribution is -2.42. The van der Waals surface area contributed by atoms with E-state index in [2.05, 4.69) is 0 Å². The van der Waals surface area contributed by atoms with E-state index in [-0.39, 0.29) is 11.5 Å². The SMILES string of the molecule is Cc1ccc(S(=O)(=O)OCC(C)(C)C(C)(C)O)cc1. The minimum Gasteiger partial charge on any atom is -0.390 e. The van der Waals surface area contributed by atoms with Crippen LogP contribution in [0.4, 0.5) is 0 Å². The van der Waals surface area contributed by atoms with Gasteiger partial charge in [0.2, 0.25) is 0 Å². The van der Waals surface area contributed by atoms with Crippen molar-refractivity contribution in [1.82, 2.24) is 0 Å². The van der Waals surface area contributed by atoms with Gasteiger partial charge in [0.1, 0.15) is 0 Å². The van der Waals surface area contributed by atoms with Gasteiger partial charge < -0.3 is 5.11 Å². The molecule has 0 aliphatic rings. The first kappa shape index (κ1) is 16.1. The minimum absolute atomic E-state index is 0.0767. The number of hydrogen-bond donors (Lipinski definition) is 1. The highest BCUT2D eigenvalue weighted by molar-refractivity contribution is 7.86. The number of aliphatic hydroxyl groups is 1. The molecular formula is C14H22O4S. The van der Waals surface area contributed by atoms with Crippen LogP contribution in [0.15, 0.2) is 29.2 Å². The van der Waals surface area contributed by atoms with Crippen LogP contribution in [0.3, 0.4) is 0 Å². The maximum Gasteiger partial charge on any atom is 0.296 e. The molecule has 108 valence electrons. The van der Waals surface area contributed by atoms with Gasteiger partial charge in [0, 0.05) is 5.41 Å². The lowest BCUT2D eigenvalue weighted by atomic mass is 9.78. The van der Waals surface area contributed by atoms with Gasteiger partial charge in [-0.3, -0.25) is 4.18 Å². The van der Waals surface area contributed by atoms with Gasteiger partial charge >= 0.3 is 0 Å². The van der Waals surface area contributed by atoms with E-state index in [1.165, 1.54) is 12.1 Å². The van der Waals surface area contributed by atoms with Gasteiger partial charge in [-0.15, -0.1) is 0 Å². The third-order valence-electron chi connectivity index (χ3n) is 3.54. The van der Waals surface area contributed by atoms with Crippen molar-refractivity contribution in [2.75, 3.05) is 6.61 Å². The lowest BCUT2D eigenvalue weighted by molar-refractivity contribution is -0.0558. The summed E-state index contributed by atoms with van der Waals surface area (Å²) < 4.78 is 29.1. The summed E-state index contributed by atoms with van der Waals surface area (Å²) in [5.41, 5.74) is -0.726. The number of benzene rings is 1. The summed E-state index contributed by atoms with van der Waals surface area (Å²) >= 11 is 0. The van der Waals surface area contributed by atoms with E-state index in [0.717, 1.165) is 5.56 Å². The maximum absolute atomic E-state index is 12.0. The molecule has 5 heteroatoms. The standard InChI is InChI=1S/C14H22O4S/c1-11-6-8-12(9-7-11)19(16,17)18-10-13(2,3)14(4,5)15/h6-9,15H,10H2,1-5H3. The Morgan fingerprint density at radius 1 is 1.11 bits per heavy atom. The summed E-state index contributed by atoms with van der Waals surface area (Å²) in [6.45, 7) is 8.60. The number of hydrogen-bond acceptors (Lipinski definition) is 4. The summed E-state index contributed by atoms with van der Waals surface area (Å²) in [6, 6.07) is 6.47. The van der Waals surface area contributed by atoms with Crippen molar-refractivity contribution in [3.05, 3.63) is 29.8 Å². The van der Waals surface area contributed by atoms with Crippen molar-refractivity contribution < 1.29 is 17.7 Å². The Labute approximate surface area is 115 Å². The Morgan fingerprint density at radius 2 is 1.58 bits per heavy atom. The summed E-state index contributed by atoms with van der Waals surface area (Å²) in [5.74, 6) is 0. The number of rotatable bonds is 5. The van der Waals surface area contributed by atoms with Gasteiger partial charge in [-0.05, 0) is 32.9 Å². The summed E-state index contributed by atoms with van der Waals surface area (Å²) in [4.78, 5) is 0.129. The molecule has 1 aromatic carbocycles. The Balaban J connectivity index is 2.85. The normalized spacial score (nSPS) is 13.6. The van der Waals surface area contributed by atoms with Crippen molar-refractivity contribution in [1.29, 1.82) is 0 Å². The molecule has 0 atom stereocenters. The Morgan fingerprint density at radius 3 is 2.00 bits per heavy atom. The van der Waals surface area contributed by atoms with Crippen LogP contribution in [-0.2, 0) is 14.3 Å². The molecule has 0 saturated heterocycles. The van der Waals surface area contributed by atoms with E-state index in [0.29, 0.717) is 0 Å². The molecule has 0 amide bonds. The van der Waals surface area contributed by atoms with Gasteiger partial charge in [-0.2, -0.15) is 8.42 Å². The van der Waals surface area contributed by atoms with Crippen LogP contribution in [0.5, 0.6) is 0 Å². The molecule has 0 aliphatic heterocycles. The van der Waals surface area contributed by atoms with Crippen LogP contribution in [-0.4, -0.2) is 25.7 Å². The Kier molecular flexibility index (Phi) is 4.44. The van der Waals surface area contributed by atoms with E-state index in [9.17, 15) is 13.5 Å². The van der Waals surface area contributed by atoms with Gasteiger partial charge in [-0.25, -0.2) is 0 Å². The quantitative estimate of drug-likeness (QED) is 0.845. The van der Waals surface area contributed by atoms with Crippen LogP contribution in [0.25, 0.3) is 0 Å². The second-order valence-electron chi connectivity index (χ2n) is 5.97. The second kappa shape index (κ2) is 5.23. The van der Waals surface area contributed by atoms with Gasteiger partial charge in [0.05, 0.1) is 17.1 Å². The zero-order valence-electron chi connectivity index (χ0n) is 12.1. The van der Waals surface area contributed by atoms with Gasteiger partial charge in [0.15, 0.2) is 0 Å². The molecule has 0 bridgehead atoms. The fourth-order valence-corrected chi connectivity index (χ4v) is 2.23. The van der Waals surface area contributed by atoms with Crippen molar-refractivity contribution in [3.63, 3.8) is 0 Å². The predicted octanol–water partition coefficient (Wildman–Crippen LogP) is 2.50. The third-order valence-corrected chi connectivity index (χ3v) is 4.82. The van der Waals surface area contributed by atoms with Crippen molar-refractivity contribution in [3.8, 4) is 0 Å². The average molecular weight is 286 g/mol. The molecule has 0 aromatic heterocycles. The van der Waals surface area contributed by atoms with Gasteiger partial charge in [0.25, 0.3) is 10.1 Å². The highest BCUT2D eigenvalue weighted by Crippen LogP contribution is 2.31. The molecule has 1 aromatic rings. The predicted molar refractivity (Wildman–Crippen MR) is 74.4 cm³/mol. The zero-order chi connectivity index (χ0) is 14.9. The van der Waals surface area contributed by atoms with E-state index in [1.807, 2.05) is 6.92 Å². The lowest BCUT2D eigenvalue weighted by Gasteiger charge is -2.36. The molecule has 0 unspecified atom stereocenters. The molecule has 19 heavy (non-hydrogen) atoms. The summed E-state index contributed by atoms with van der Waals surface area (Å²) in [5, 5.41) is 9.97. The zero-order valence-corrected chi connectivity index (χ0v) is 12.9. The van der Waals surface area contributed by atoms with Crippen molar-refractivity contribution >= 4 is 10.1 Å². The first-order valence-corrected chi connectivity index (χ1v) is 7.55. The molecule has 0 radical (unpaired) electrons. The molecule has 0 aliphatic carbocycles. The Bertz CT molecular complexity index is 522. The van der Waals surface area contributed by atoms with E-state index in [4.69, 9.17) is 4.18 Å². The fourth-order valence-electron chi connectivity index (χ4n) is 1.17. The smallest absolute Gasteiger partial charge is 0.296 e. The minimum atomic E-state index is -3.78. The van der Waals surface area contributed by atoms with Crippen molar-refractivity contribution in [2.24, 2.45) is 5.41 Å². The third kappa shape index (κ3) is 4.03. The maximum atomic E-state index is 12.0. The first-order chi connectivity index (χ1) is 8.46. The Hall–Kier alpha value is -0.910. The van der Waals surface area contributed by atoms with E-state index >= 15 is 0 Å². The van der Waals surface area contributed by atoms with Crippen molar-refractivity contribution in [2.45, 2.75) is 45.1 Å². The first-order valence-electron chi connectivity index (χ1n) is 6.14. The fraction of sp³-hybridized carbons (Fsp3) is 0.571. The molecule has 4 nitrogen and oxygen atoms in total. The molecule has 0 spiro atoms. The molecular weight excluding hydrogens is 264 g/mol. The average Bonchev–Trinajstić information content (AvgIpc) is 2.26. The van der Waals surface area contributed by atoms with Crippen LogP contribution >= 0.6 is 0 Å². The summed E-state index contributed by atoms with van der Waals surface area (Å²) in [6.07, 6.45) is 0. The van der Waals surface area contributed by atoms with Crippen LogP contribution < -0.4 is 0 Å². The van der Waals surface area contributed by atoms with E-state index in [1.54, 1.807) is 39.8 Å². The summed E-state index contributed by atoms with van der Waals surface area (Å²) in [7, 11) is -3.78. The molecule has 0 heterocycles. The highest BCUT2D eigenvalue weighted by Gasteiger charge is 2.36. The monoisotopic (exact) mass is 286 g/mol. The topological polar surface area (TPSA) is 63.6 Å².